The van der Waals surface area contributed by atoms with Gasteiger partial charge in [-0.05, 0) is 38.5 Å². The molecule has 0 radical (unpaired) electrons. The van der Waals surface area contributed by atoms with Crippen LogP contribution in [0.2, 0.25) is 5.02 Å². The van der Waals surface area contributed by atoms with Crippen LogP contribution in [0.1, 0.15) is 35.5 Å². The zero-order valence-electron chi connectivity index (χ0n) is 19.0. The molecule has 32 heavy (non-hydrogen) atoms. The van der Waals surface area contributed by atoms with Crippen LogP contribution in [0.5, 0.6) is 11.6 Å². The normalized spacial score (nSPS) is 11.9. The summed E-state index contributed by atoms with van der Waals surface area (Å²) in [4.78, 5) is 13.4. The fraction of sp³-hybridized carbons (Fsp3) is 0.348. The highest BCUT2D eigenvalue weighted by Crippen LogP contribution is 2.42. The van der Waals surface area contributed by atoms with Gasteiger partial charge in [0.25, 0.3) is 5.88 Å². The van der Waals surface area contributed by atoms with Crippen molar-refractivity contribution in [2.75, 3.05) is 13.7 Å². The number of pyridine rings is 1. The maximum atomic E-state index is 12.3. The first-order valence-electron chi connectivity index (χ1n) is 10.2. The van der Waals surface area contributed by atoms with Crippen molar-refractivity contribution in [2.24, 2.45) is 14.1 Å². The molecule has 0 saturated heterocycles. The molecular formula is C23H26ClN5O3. The Morgan fingerprint density at radius 3 is 2.12 bits per heavy atom. The smallest absolute Gasteiger partial charge is 0.258 e. The molecule has 0 spiro atoms. The van der Waals surface area contributed by atoms with Crippen LogP contribution in [0.4, 0.5) is 0 Å². The highest BCUT2D eigenvalue weighted by Gasteiger charge is 2.40. The topological polar surface area (TPSA) is 87.2 Å². The van der Waals surface area contributed by atoms with E-state index < -0.39 is 5.60 Å². The van der Waals surface area contributed by atoms with Crippen molar-refractivity contribution >= 4 is 22.5 Å². The Labute approximate surface area is 191 Å². The van der Waals surface area contributed by atoms with E-state index in [0.717, 1.165) is 11.6 Å². The molecule has 0 bridgehead atoms. The van der Waals surface area contributed by atoms with Gasteiger partial charge in [0.15, 0.2) is 5.60 Å². The second-order valence-corrected chi connectivity index (χ2v) is 8.02. The van der Waals surface area contributed by atoms with Crippen LogP contribution in [-0.4, -0.2) is 42.9 Å². The van der Waals surface area contributed by atoms with E-state index in [9.17, 15) is 5.11 Å². The van der Waals surface area contributed by atoms with Gasteiger partial charge in [0, 0.05) is 19.5 Å². The van der Waals surface area contributed by atoms with E-state index in [0.29, 0.717) is 51.1 Å². The summed E-state index contributed by atoms with van der Waals surface area (Å²) in [5.74, 6) is 2.25. The van der Waals surface area contributed by atoms with Crippen LogP contribution < -0.4 is 9.47 Å². The van der Waals surface area contributed by atoms with Gasteiger partial charge in [-0.2, -0.15) is 0 Å². The molecule has 0 atom stereocenters. The van der Waals surface area contributed by atoms with Gasteiger partial charge in [-0.3, -0.25) is 0 Å². The third-order valence-electron chi connectivity index (χ3n) is 5.93. The molecule has 3 heterocycles. The van der Waals surface area contributed by atoms with E-state index in [-0.39, 0.29) is 0 Å². The number of benzene rings is 1. The van der Waals surface area contributed by atoms with Gasteiger partial charge >= 0.3 is 0 Å². The van der Waals surface area contributed by atoms with Crippen LogP contribution in [0.15, 0.2) is 30.6 Å². The Kier molecular flexibility index (Phi) is 5.60. The lowest BCUT2D eigenvalue weighted by Gasteiger charge is -2.30. The fourth-order valence-corrected chi connectivity index (χ4v) is 4.21. The van der Waals surface area contributed by atoms with Crippen molar-refractivity contribution in [2.45, 2.75) is 26.4 Å². The summed E-state index contributed by atoms with van der Waals surface area (Å²) in [7, 11) is 5.27. The Balaban J connectivity index is 2.03. The molecule has 3 aromatic heterocycles. The van der Waals surface area contributed by atoms with E-state index in [2.05, 4.69) is 15.0 Å². The van der Waals surface area contributed by atoms with Crippen molar-refractivity contribution in [3.8, 4) is 11.6 Å². The largest absolute Gasteiger partial charge is 0.487 e. The number of aryl methyl sites for hydroxylation is 2. The Hall–Kier alpha value is -3.10. The molecule has 8 nitrogen and oxygen atoms in total. The molecule has 0 saturated carbocycles. The first-order valence-corrected chi connectivity index (χ1v) is 10.6. The molecular weight excluding hydrogens is 430 g/mol. The number of aliphatic hydroxyl groups is 1. The standard InChI is InChI=1S/C23H26ClN5O3/c1-7-32-21-20(24)16-10-15(8-9-17(16)27-22(21)31-6)23(30,18-11-25-13(2)28(18)4)19-12-26-14(3)29(19)5/h8-12,30H,7H2,1-6H3. The van der Waals surface area contributed by atoms with Gasteiger partial charge in [-0.15, -0.1) is 0 Å². The number of ether oxygens (including phenoxy) is 2. The number of aromatic nitrogens is 5. The van der Waals surface area contributed by atoms with E-state index in [4.69, 9.17) is 21.1 Å². The maximum absolute atomic E-state index is 12.3. The summed E-state index contributed by atoms with van der Waals surface area (Å²) in [6, 6.07) is 5.47. The number of rotatable bonds is 6. The van der Waals surface area contributed by atoms with Crippen LogP contribution >= 0.6 is 11.6 Å². The molecule has 168 valence electrons. The Morgan fingerprint density at radius 2 is 1.66 bits per heavy atom. The molecule has 4 aromatic rings. The molecule has 4 rings (SSSR count). The summed E-state index contributed by atoms with van der Waals surface area (Å²) in [5, 5.41) is 13.3. The van der Waals surface area contributed by atoms with Crippen molar-refractivity contribution in [1.82, 2.24) is 24.1 Å². The van der Waals surface area contributed by atoms with Crippen molar-refractivity contribution in [3.63, 3.8) is 0 Å². The predicted molar refractivity (Wildman–Crippen MR) is 122 cm³/mol. The van der Waals surface area contributed by atoms with E-state index >= 15 is 0 Å². The van der Waals surface area contributed by atoms with E-state index in [1.165, 1.54) is 7.11 Å². The summed E-state index contributed by atoms with van der Waals surface area (Å²) in [6.45, 7) is 6.06. The van der Waals surface area contributed by atoms with Gasteiger partial charge in [-0.25, -0.2) is 15.0 Å². The molecule has 0 aliphatic heterocycles. The molecule has 0 amide bonds. The van der Waals surface area contributed by atoms with Crippen molar-refractivity contribution < 1.29 is 14.6 Å². The minimum atomic E-state index is -1.53. The minimum Gasteiger partial charge on any atom is -0.487 e. The average molecular weight is 456 g/mol. The van der Waals surface area contributed by atoms with Gasteiger partial charge < -0.3 is 23.7 Å². The second-order valence-electron chi connectivity index (χ2n) is 7.64. The lowest BCUT2D eigenvalue weighted by atomic mass is 9.86. The number of hydrogen-bond donors (Lipinski definition) is 1. The molecule has 0 fully saturated rings. The van der Waals surface area contributed by atoms with Crippen LogP contribution in [0, 0.1) is 13.8 Å². The summed E-state index contributed by atoms with van der Waals surface area (Å²) in [5.41, 5.74) is 0.922. The summed E-state index contributed by atoms with van der Waals surface area (Å²) in [6.07, 6.45) is 3.36. The van der Waals surface area contributed by atoms with E-state index in [1.807, 2.05) is 62.2 Å². The highest BCUT2D eigenvalue weighted by atomic mass is 35.5. The number of methoxy groups -OCH3 is 1. The maximum Gasteiger partial charge on any atom is 0.258 e. The molecule has 1 N–H and O–H groups in total. The zero-order chi connectivity index (χ0) is 23.2. The third kappa shape index (κ3) is 3.22. The number of fused-ring (bicyclic) bond motifs is 1. The molecule has 9 heteroatoms. The third-order valence-corrected chi connectivity index (χ3v) is 6.31. The Morgan fingerprint density at radius 1 is 1.06 bits per heavy atom. The summed E-state index contributed by atoms with van der Waals surface area (Å²) < 4.78 is 14.8. The minimum absolute atomic E-state index is 0.317. The van der Waals surface area contributed by atoms with Gasteiger partial charge in [0.2, 0.25) is 5.75 Å². The quantitative estimate of drug-likeness (QED) is 0.477. The zero-order valence-corrected chi connectivity index (χ0v) is 19.7. The lowest BCUT2D eigenvalue weighted by molar-refractivity contribution is 0.109. The molecule has 0 aliphatic rings. The highest BCUT2D eigenvalue weighted by molar-refractivity contribution is 6.37. The molecule has 1 aromatic carbocycles. The number of imidazole rings is 2. The van der Waals surface area contributed by atoms with E-state index in [1.54, 1.807) is 12.4 Å². The van der Waals surface area contributed by atoms with Crippen LogP contribution in [0.3, 0.4) is 0 Å². The van der Waals surface area contributed by atoms with Crippen molar-refractivity contribution in [3.05, 3.63) is 64.2 Å². The predicted octanol–water partition coefficient (Wildman–Crippen LogP) is 3.66. The van der Waals surface area contributed by atoms with Gasteiger partial charge in [0.05, 0.1) is 48.0 Å². The molecule has 0 aliphatic carbocycles. The average Bonchev–Trinajstić information content (AvgIpc) is 3.31. The number of halogens is 1. The first kappa shape index (κ1) is 22.1. The summed E-state index contributed by atoms with van der Waals surface area (Å²) >= 11 is 6.73. The number of hydrogen-bond acceptors (Lipinski definition) is 6. The van der Waals surface area contributed by atoms with Crippen LogP contribution in [0.25, 0.3) is 10.9 Å². The lowest BCUT2D eigenvalue weighted by Crippen LogP contribution is -2.33. The van der Waals surface area contributed by atoms with Gasteiger partial charge in [0.1, 0.15) is 11.6 Å². The van der Waals surface area contributed by atoms with Crippen LogP contribution in [-0.2, 0) is 19.7 Å². The fourth-order valence-electron chi connectivity index (χ4n) is 3.92. The Bertz CT molecular complexity index is 1260. The monoisotopic (exact) mass is 455 g/mol. The molecule has 0 unspecified atom stereocenters. The first-order chi connectivity index (χ1) is 15.2. The van der Waals surface area contributed by atoms with Crippen molar-refractivity contribution in [1.29, 1.82) is 0 Å². The van der Waals surface area contributed by atoms with Gasteiger partial charge in [-0.1, -0.05) is 17.7 Å². The second kappa shape index (κ2) is 8.11. The SMILES string of the molecule is CCOc1c(OC)nc2ccc(C(O)(c3cnc(C)n3C)c3cnc(C)n3C)cc2c1Cl. The number of nitrogens with zero attached hydrogens (tertiary/aromatic N) is 5.